The zero-order valence-electron chi connectivity index (χ0n) is 9.84. The second kappa shape index (κ2) is 6.17. The van der Waals surface area contributed by atoms with Crippen LogP contribution in [0, 0.1) is 10.1 Å². The van der Waals surface area contributed by atoms with Crippen LogP contribution in [-0.4, -0.2) is 29.8 Å². The van der Waals surface area contributed by atoms with Crippen molar-refractivity contribution in [2.24, 2.45) is 0 Å². The molecule has 0 aliphatic rings. The van der Waals surface area contributed by atoms with Gasteiger partial charge in [-0.2, -0.15) is 0 Å². The van der Waals surface area contributed by atoms with Crippen LogP contribution >= 0.6 is 0 Å². The average Bonchev–Trinajstić information content (AvgIpc) is 2.28. The SMILES string of the molecule is COc1ccc(CNCC(C)O)cc1[N+](=O)[O-]. The summed E-state index contributed by atoms with van der Waals surface area (Å²) in [5, 5.41) is 22.8. The third kappa shape index (κ3) is 4.01. The molecular formula is C11H16N2O4. The zero-order valence-corrected chi connectivity index (χ0v) is 9.84. The van der Waals surface area contributed by atoms with Crippen LogP contribution in [0.2, 0.25) is 0 Å². The molecule has 6 nitrogen and oxygen atoms in total. The van der Waals surface area contributed by atoms with Crippen molar-refractivity contribution in [2.45, 2.75) is 19.6 Å². The van der Waals surface area contributed by atoms with Crippen molar-refractivity contribution in [3.63, 3.8) is 0 Å². The van der Waals surface area contributed by atoms with E-state index in [1.54, 1.807) is 19.1 Å². The molecule has 0 saturated heterocycles. The van der Waals surface area contributed by atoms with Crippen LogP contribution in [0.3, 0.4) is 0 Å². The molecule has 94 valence electrons. The Kier molecular flexibility index (Phi) is 4.86. The molecule has 0 radical (unpaired) electrons. The van der Waals surface area contributed by atoms with Crippen molar-refractivity contribution >= 4 is 5.69 Å². The van der Waals surface area contributed by atoms with Gasteiger partial charge in [-0.15, -0.1) is 0 Å². The number of nitro benzene ring substituents is 1. The molecule has 0 aliphatic carbocycles. The molecule has 1 rings (SSSR count). The largest absolute Gasteiger partial charge is 0.490 e. The number of nitro groups is 1. The van der Waals surface area contributed by atoms with Crippen LogP contribution in [-0.2, 0) is 6.54 Å². The normalized spacial score (nSPS) is 12.2. The van der Waals surface area contributed by atoms with Gasteiger partial charge in [0.15, 0.2) is 5.75 Å². The van der Waals surface area contributed by atoms with Gasteiger partial charge < -0.3 is 15.2 Å². The molecule has 0 bridgehead atoms. The third-order valence-electron chi connectivity index (χ3n) is 2.21. The van der Waals surface area contributed by atoms with E-state index in [1.807, 2.05) is 0 Å². The summed E-state index contributed by atoms with van der Waals surface area (Å²) in [6.07, 6.45) is -0.441. The Morgan fingerprint density at radius 1 is 1.59 bits per heavy atom. The molecule has 1 atom stereocenters. The fourth-order valence-corrected chi connectivity index (χ4v) is 1.41. The molecule has 0 aromatic heterocycles. The first kappa shape index (κ1) is 13.4. The predicted octanol–water partition coefficient (Wildman–Crippen LogP) is 1.07. The van der Waals surface area contributed by atoms with E-state index in [2.05, 4.69) is 5.32 Å². The second-order valence-corrected chi connectivity index (χ2v) is 3.74. The number of nitrogens with one attached hydrogen (secondary N) is 1. The summed E-state index contributed by atoms with van der Waals surface area (Å²) in [4.78, 5) is 10.3. The number of ether oxygens (including phenoxy) is 1. The smallest absolute Gasteiger partial charge is 0.311 e. The lowest BCUT2D eigenvalue weighted by Crippen LogP contribution is -2.23. The number of benzene rings is 1. The maximum absolute atomic E-state index is 10.8. The highest BCUT2D eigenvalue weighted by Gasteiger charge is 2.14. The summed E-state index contributed by atoms with van der Waals surface area (Å²) in [6, 6.07) is 4.78. The first-order valence-corrected chi connectivity index (χ1v) is 5.24. The van der Waals surface area contributed by atoms with E-state index in [9.17, 15) is 10.1 Å². The minimum Gasteiger partial charge on any atom is -0.490 e. The summed E-state index contributed by atoms with van der Waals surface area (Å²) in [5.41, 5.74) is 0.724. The maximum Gasteiger partial charge on any atom is 0.311 e. The van der Waals surface area contributed by atoms with E-state index >= 15 is 0 Å². The lowest BCUT2D eigenvalue weighted by Gasteiger charge is -2.08. The molecule has 0 saturated carbocycles. The van der Waals surface area contributed by atoms with Gasteiger partial charge in [0.05, 0.1) is 18.1 Å². The molecule has 0 spiro atoms. The average molecular weight is 240 g/mol. The van der Waals surface area contributed by atoms with Crippen molar-refractivity contribution in [3.8, 4) is 5.75 Å². The molecule has 0 amide bonds. The number of aliphatic hydroxyl groups excluding tert-OH is 1. The first-order chi connectivity index (χ1) is 8.04. The van der Waals surface area contributed by atoms with E-state index in [4.69, 9.17) is 9.84 Å². The fraction of sp³-hybridized carbons (Fsp3) is 0.455. The van der Waals surface area contributed by atoms with Gasteiger partial charge in [-0.25, -0.2) is 0 Å². The molecule has 0 heterocycles. The van der Waals surface area contributed by atoms with Gasteiger partial charge in [0.1, 0.15) is 0 Å². The van der Waals surface area contributed by atoms with E-state index in [0.29, 0.717) is 13.1 Å². The molecule has 17 heavy (non-hydrogen) atoms. The Hall–Kier alpha value is -1.66. The summed E-state index contributed by atoms with van der Waals surface area (Å²) in [7, 11) is 1.40. The standard InChI is InChI=1S/C11H16N2O4/c1-8(14)6-12-7-9-3-4-11(17-2)10(5-9)13(15)16/h3-5,8,12,14H,6-7H2,1-2H3. The summed E-state index contributed by atoms with van der Waals surface area (Å²) in [5.74, 6) is 0.245. The number of rotatable bonds is 6. The Morgan fingerprint density at radius 2 is 2.29 bits per heavy atom. The Morgan fingerprint density at radius 3 is 2.82 bits per heavy atom. The Labute approximate surface area is 99.4 Å². The quantitative estimate of drug-likeness (QED) is 0.574. The van der Waals surface area contributed by atoms with Crippen LogP contribution in [0.1, 0.15) is 12.5 Å². The summed E-state index contributed by atoms with van der Waals surface area (Å²) in [6.45, 7) is 2.58. The number of aliphatic hydroxyl groups is 1. The van der Waals surface area contributed by atoms with Gasteiger partial charge in [-0.05, 0) is 18.6 Å². The van der Waals surface area contributed by atoms with Crippen LogP contribution in [0.5, 0.6) is 5.75 Å². The van der Waals surface area contributed by atoms with Gasteiger partial charge in [0, 0.05) is 19.2 Å². The highest BCUT2D eigenvalue weighted by molar-refractivity contribution is 5.48. The number of hydrogen-bond donors (Lipinski definition) is 2. The number of methoxy groups -OCH3 is 1. The molecule has 6 heteroatoms. The topological polar surface area (TPSA) is 84.6 Å². The van der Waals surface area contributed by atoms with Crippen molar-refractivity contribution in [2.75, 3.05) is 13.7 Å². The monoisotopic (exact) mass is 240 g/mol. The van der Waals surface area contributed by atoms with Gasteiger partial charge in [0.25, 0.3) is 0 Å². The lowest BCUT2D eigenvalue weighted by molar-refractivity contribution is -0.385. The van der Waals surface area contributed by atoms with Gasteiger partial charge in [0.2, 0.25) is 0 Å². The van der Waals surface area contributed by atoms with E-state index in [0.717, 1.165) is 5.56 Å². The van der Waals surface area contributed by atoms with Crippen LogP contribution in [0.4, 0.5) is 5.69 Å². The number of hydrogen-bond acceptors (Lipinski definition) is 5. The van der Waals surface area contributed by atoms with Crippen molar-refractivity contribution < 1.29 is 14.8 Å². The minimum atomic E-state index is -0.475. The van der Waals surface area contributed by atoms with E-state index in [-0.39, 0.29) is 11.4 Å². The van der Waals surface area contributed by atoms with Gasteiger partial charge >= 0.3 is 5.69 Å². The molecule has 2 N–H and O–H groups in total. The molecule has 0 aliphatic heterocycles. The minimum absolute atomic E-state index is 0.0520. The zero-order chi connectivity index (χ0) is 12.8. The first-order valence-electron chi connectivity index (χ1n) is 5.24. The molecule has 0 fully saturated rings. The fourth-order valence-electron chi connectivity index (χ4n) is 1.41. The van der Waals surface area contributed by atoms with Crippen LogP contribution < -0.4 is 10.1 Å². The predicted molar refractivity (Wildman–Crippen MR) is 63.0 cm³/mol. The van der Waals surface area contributed by atoms with E-state index < -0.39 is 11.0 Å². The molecule has 1 aromatic rings. The van der Waals surface area contributed by atoms with Crippen molar-refractivity contribution in [1.82, 2.24) is 5.32 Å². The van der Waals surface area contributed by atoms with Crippen LogP contribution in [0.25, 0.3) is 0 Å². The highest BCUT2D eigenvalue weighted by atomic mass is 16.6. The molecule has 1 aromatic carbocycles. The third-order valence-corrected chi connectivity index (χ3v) is 2.21. The lowest BCUT2D eigenvalue weighted by atomic mass is 10.2. The highest BCUT2D eigenvalue weighted by Crippen LogP contribution is 2.27. The second-order valence-electron chi connectivity index (χ2n) is 3.74. The van der Waals surface area contributed by atoms with Crippen LogP contribution in [0.15, 0.2) is 18.2 Å². The Bertz CT molecular complexity index is 393. The van der Waals surface area contributed by atoms with E-state index in [1.165, 1.54) is 13.2 Å². The number of nitrogens with zero attached hydrogens (tertiary/aromatic N) is 1. The van der Waals surface area contributed by atoms with Gasteiger partial charge in [-0.3, -0.25) is 10.1 Å². The van der Waals surface area contributed by atoms with Gasteiger partial charge in [-0.1, -0.05) is 6.07 Å². The summed E-state index contributed by atoms with van der Waals surface area (Å²) < 4.78 is 4.90. The summed E-state index contributed by atoms with van der Waals surface area (Å²) >= 11 is 0. The Balaban J connectivity index is 2.74. The molecular weight excluding hydrogens is 224 g/mol. The maximum atomic E-state index is 10.8. The van der Waals surface area contributed by atoms with Crippen molar-refractivity contribution in [1.29, 1.82) is 0 Å². The molecule has 1 unspecified atom stereocenters. The van der Waals surface area contributed by atoms with Crippen molar-refractivity contribution in [3.05, 3.63) is 33.9 Å².